The van der Waals surface area contributed by atoms with Crippen LogP contribution in [0.25, 0.3) is 0 Å². The van der Waals surface area contributed by atoms with E-state index in [1.165, 1.54) is 4.90 Å². The molecule has 1 atom stereocenters. The Kier molecular flexibility index (Phi) is 6.27. The standard InChI is InChI=1S/C13H16N2O4.ClH/c16-12(17)11-8-15(7-6-14-11)13(18)19-9-10-4-2-1-3-5-10;/h1-5,11,14H,6-9H2,(H,16,17);1H/t11-;/m1./s1. The highest BCUT2D eigenvalue weighted by Gasteiger charge is 2.28. The Labute approximate surface area is 123 Å². The van der Waals surface area contributed by atoms with Crippen LogP contribution in [0.2, 0.25) is 0 Å². The second-order valence-corrected chi connectivity index (χ2v) is 4.33. The Hall–Kier alpha value is -1.79. The number of carboxylic acid groups (broad SMARTS) is 1. The van der Waals surface area contributed by atoms with Gasteiger partial charge in [-0.2, -0.15) is 0 Å². The minimum atomic E-state index is -0.958. The van der Waals surface area contributed by atoms with E-state index in [1.54, 1.807) is 0 Å². The first-order valence-corrected chi connectivity index (χ1v) is 6.08. The summed E-state index contributed by atoms with van der Waals surface area (Å²) < 4.78 is 5.16. The molecule has 0 bridgehead atoms. The van der Waals surface area contributed by atoms with Gasteiger partial charge in [0.1, 0.15) is 12.6 Å². The fourth-order valence-corrected chi connectivity index (χ4v) is 1.89. The second-order valence-electron chi connectivity index (χ2n) is 4.33. The van der Waals surface area contributed by atoms with Crippen LogP contribution in [0, 0.1) is 0 Å². The molecule has 1 heterocycles. The van der Waals surface area contributed by atoms with Crippen molar-refractivity contribution in [2.75, 3.05) is 19.6 Å². The van der Waals surface area contributed by atoms with E-state index < -0.39 is 18.1 Å². The molecule has 1 fully saturated rings. The minimum absolute atomic E-state index is 0. The quantitative estimate of drug-likeness (QED) is 0.874. The largest absolute Gasteiger partial charge is 0.480 e. The summed E-state index contributed by atoms with van der Waals surface area (Å²) in [7, 11) is 0. The van der Waals surface area contributed by atoms with Crippen LogP contribution in [0.15, 0.2) is 30.3 Å². The van der Waals surface area contributed by atoms with Crippen molar-refractivity contribution in [1.82, 2.24) is 10.2 Å². The van der Waals surface area contributed by atoms with Crippen molar-refractivity contribution in [3.63, 3.8) is 0 Å². The number of carbonyl (C=O) groups is 2. The number of hydrogen-bond donors (Lipinski definition) is 2. The molecule has 0 spiro atoms. The number of nitrogens with zero attached hydrogens (tertiary/aromatic N) is 1. The topological polar surface area (TPSA) is 78.9 Å². The van der Waals surface area contributed by atoms with Crippen LogP contribution in [0.3, 0.4) is 0 Å². The normalized spacial score (nSPS) is 18.0. The molecular formula is C13H17ClN2O4. The highest BCUT2D eigenvalue weighted by Crippen LogP contribution is 2.06. The van der Waals surface area contributed by atoms with Gasteiger partial charge < -0.3 is 20.1 Å². The number of hydrogen-bond acceptors (Lipinski definition) is 4. The van der Waals surface area contributed by atoms with Gasteiger partial charge in [-0.15, -0.1) is 12.4 Å². The summed E-state index contributed by atoms with van der Waals surface area (Å²) in [6.45, 7) is 1.24. The number of benzene rings is 1. The predicted octanol–water partition coefficient (Wildman–Crippen LogP) is 1.10. The first kappa shape index (κ1) is 16.3. The summed E-state index contributed by atoms with van der Waals surface area (Å²) in [5.74, 6) is -0.958. The second kappa shape index (κ2) is 7.72. The Bertz CT molecular complexity index is 455. The van der Waals surface area contributed by atoms with Gasteiger partial charge in [0.15, 0.2) is 0 Å². The van der Waals surface area contributed by atoms with E-state index in [9.17, 15) is 9.59 Å². The zero-order valence-electron chi connectivity index (χ0n) is 10.8. The van der Waals surface area contributed by atoms with Gasteiger partial charge in [-0.1, -0.05) is 30.3 Å². The summed E-state index contributed by atoms with van der Waals surface area (Å²) >= 11 is 0. The maximum atomic E-state index is 11.8. The van der Waals surface area contributed by atoms with Gasteiger partial charge in [0.25, 0.3) is 0 Å². The Morgan fingerprint density at radius 3 is 2.70 bits per heavy atom. The monoisotopic (exact) mass is 300 g/mol. The third-order valence-electron chi connectivity index (χ3n) is 2.94. The minimum Gasteiger partial charge on any atom is -0.480 e. The summed E-state index contributed by atoms with van der Waals surface area (Å²) in [5, 5.41) is 11.7. The third kappa shape index (κ3) is 4.40. The Morgan fingerprint density at radius 2 is 2.05 bits per heavy atom. The number of piperazine rings is 1. The summed E-state index contributed by atoms with van der Waals surface area (Å²) in [6, 6.07) is 8.64. The van der Waals surface area contributed by atoms with Crippen molar-refractivity contribution in [2.45, 2.75) is 12.6 Å². The average molecular weight is 301 g/mol. The maximum Gasteiger partial charge on any atom is 0.410 e. The summed E-state index contributed by atoms with van der Waals surface area (Å²) in [4.78, 5) is 24.1. The van der Waals surface area contributed by atoms with E-state index >= 15 is 0 Å². The number of halogens is 1. The molecule has 2 rings (SSSR count). The first-order chi connectivity index (χ1) is 9.16. The molecule has 0 unspecified atom stereocenters. The molecule has 20 heavy (non-hydrogen) atoms. The first-order valence-electron chi connectivity index (χ1n) is 6.08. The van der Waals surface area contributed by atoms with Crippen molar-refractivity contribution in [2.24, 2.45) is 0 Å². The van der Waals surface area contributed by atoms with Crippen molar-refractivity contribution in [3.05, 3.63) is 35.9 Å². The zero-order valence-corrected chi connectivity index (χ0v) is 11.6. The van der Waals surface area contributed by atoms with Crippen LogP contribution in [0.1, 0.15) is 5.56 Å². The van der Waals surface area contributed by atoms with E-state index in [1.807, 2.05) is 30.3 Å². The fraction of sp³-hybridized carbons (Fsp3) is 0.385. The van der Waals surface area contributed by atoms with E-state index in [-0.39, 0.29) is 25.6 Å². The number of carboxylic acids is 1. The number of amides is 1. The summed E-state index contributed by atoms with van der Waals surface area (Å²) in [6.07, 6.45) is -0.475. The molecular weight excluding hydrogens is 284 g/mol. The molecule has 1 amide bonds. The van der Waals surface area contributed by atoms with Gasteiger partial charge >= 0.3 is 12.1 Å². The Morgan fingerprint density at radius 1 is 1.35 bits per heavy atom. The molecule has 2 N–H and O–H groups in total. The van der Waals surface area contributed by atoms with Gasteiger partial charge in [0.05, 0.1) is 6.54 Å². The lowest BCUT2D eigenvalue weighted by atomic mass is 10.2. The number of aliphatic carboxylic acids is 1. The van der Waals surface area contributed by atoms with Gasteiger partial charge in [-0.05, 0) is 5.56 Å². The van der Waals surface area contributed by atoms with Gasteiger partial charge in [-0.3, -0.25) is 4.79 Å². The average Bonchev–Trinajstić information content (AvgIpc) is 2.46. The van der Waals surface area contributed by atoms with Gasteiger partial charge in [0, 0.05) is 13.1 Å². The molecule has 0 aromatic heterocycles. The summed E-state index contributed by atoms with van der Waals surface area (Å²) in [5.41, 5.74) is 0.903. The van der Waals surface area contributed by atoms with Crippen LogP contribution in [0.4, 0.5) is 4.79 Å². The molecule has 110 valence electrons. The van der Waals surface area contributed by atoms with Crippen LogP contribution in [-0.4, -0.2) is 47.7 Å². The van der Waals surface area contributed by atoms with Crippen molar-refractivity contribution in [3.8, 4) is 0 Å². The third-order valence-corrected chi connectivity index (χ3v) is 2.94. The molecule has 0 radical (unpaired) electrons. The molecule has 6 nitrogen and oxygen atoms in total. The van der Waals surface area contributed by atoms with Crippen molar-refractivity contribution < 1.29 is 19.4 Å². The fourth-order valence-electron chi connectivity index (χ4n) is 1.89. The number of ether oxygens (including phenoxy) is 1. The molecule has 1 aromatic carbocycles. The van der Waals surface area contributed by atoms with E-state index in [4.69, 9.17) is 9.84 Å². The lowest BCUT2D eigenvalue weighted by Gasteiger charge is -2.30. The van der Waals surface area contributed by atoms with Gasteiger partial charge in [-0.25, -0.2) is 4.79 Å². The van der Waals surface area contributed by atoms with Gasteiger partial charge in [0.2, 0.25) is 0 Å². The molecule has 1 saturated heterocycles. The van der Waals surface area contributed by atoms with Crippen LogP contribution in [-0.2, 0) is 16.1 Å². The number of carbonyl (C=O) groups excluding carboxylic acids is 1. The predicted molar refractivity (Wildman–Crippen MR) is 74.9 cm³/mol. The SMILES string of the molecule is Cl.O=C(O)[C@H]1CN(C(=O)OCc2ccccc2)CCN1. The highest BCUT2D eigenvalue weighted by atomic mass is 35.5. The number of nitrogens with one attached hydrogen (secondary N) is 1. The van der Waals surface area contributed by atoms with E-state index in [0.29, 0.717) is 13.1 Å². The van der Waals surface area contributed by atoms with Crippen LogP contribution in [0.5, 0.6) is 0 Å². The molecule has 0 saturated carbocycles. The van der Waals surface area contributed by atoms with E-state index in [0.717, 1.165) is 5.56 Å². The van der Waals surface area contributed by atoms with Crippen LogP contribution < -0.4 is 5.32 Å². The molecule has 7 heteroatoms. The van der Waals surface area contributed by atoms with Crippen LogP contribution >= 0.6 is 12.4 Å². The number of rotatable bonds is 3. The molecule has 1 aliphatic rings. The zero-order chi connectivity index (χ0) is 13.7. The van der Waals surface area contributed by atoms with Crippen molar-refractivity contribution in [1.29, 1.82) is 0 Å². The lowest BCUT2D eigenvalue weighted by Crippen LogP contribution is -2.55. The Balaban J connectivity index is 0.00000200. The molecule has 1 aromatic rings. The van der Waals surface area contributed by atoms with E-state index in [2.05, 4.69) is 5.32 Å². The highest BCUT2D eigenvalue weighted by molar-refractivity contribution is 5.85. The smallest absolute Gasteiger partial charge is 0.410 e. The maximum absolute atomic E-state index is 11.8. The molecule has 1 aliphatic heterocycles. The lowest BCUT2D eigenvalue weighted by molar-refractivity contribution is -0.140. The van der Waals surface area contributed by atoms with Crippen molar-refractivity contribution >= 4 is 24.5 Å². The molecule has 0 aliphatic carbocycles.